The highest BCUT2D eigenvalue weighted by molar-refractivity contribution is 5.73. The van der Waals surface area contributed by atoms with Crippen LogP contribution < -0.4 is 5.32 Å². The van der Waals surface area contributed by atoms with Crippen molar-refractivity contribution < 1.29 is 4.79 Å². The molecule has 1 aliphatic rings. The van der Waals surface area contributed by atoms with E-state index in [0.717, 1.165) is 6.42 Å². The SMILES string of the molecule is CCCC1(NC(C)=O)CCCC1. The molecule has 1 rings (SSSR count). The van der Waals surface area contributed by atoms with Gasteiger partial charge in [-0.15, -0.1) is 0 Å². The second-order valence-electron chi connectivity index (χ2n) is 3.92. The Labute approximate surface area is 74.7 Å². The van der Waals surface area contributed by atoms with Crippen LogP contribution in [-0.2, 0) is 4.79 Å². The number of carbonyl (C=O) groups is 1. The Morgan fingerprint density at radius 3 is 2.42 bits per heavy atom. The van der Waals surface area contributed by atoms with Gasteiger partial charge >= 0.3 is 0 Å². The van der Waals surface area contributed by atoms with E-state index < -0.39 is 0 Å². The van der Waals surface area contributed by atoms with Crippen LogP contribution in [0.3, 0.4) is 0 Å². The van der Waals surface area contributed by atoms with Crippen LogP contribution in [0.15, 0.2) is 0 Å². The molecule has 0 atom stereocenters. The summed E-state index contributed by atoms with van der Waals surface area (Å²) in [6.07, 6.45) is 7.23. The molecule has 0 saturated heterocycles. The molecule has 1 aliphatic carbocycles. The molecule has 0 heterocycles. The highest BCUT2D eigenvalue weighted by atomic mass is 16.1. The zero-order valence-electron chi connectivity index (χ0n) is 8.15. The maximum absolute atomic E-state index is 11.0. The largest absolute Gasteiger partial charge is 0.351 e. The minimum absolute atomic E-state index is 0.130. The van der Waals surface area contributed by atoms with Crippen molar-refractivity contribution in [2.45, 2.75) is 57.9 Å². The quantitative estimate of drug-likeness (QED) is 0.689. The summed E-state index contributed by atoms with van der Waals surface area (Å²) < 4.78 is 0. The average Bonchev–Trinajstić information content (AvgIpc) is 2.36. The number of carbonyl (C=O) groups excluding carboxylic acids is 1. The van der Waals surface area contributed by atoms with E-state index in [9.17, 15) is 4.79 Å². The Balaban J connectivity index is 2.52. The summed E-state index contributed by atoms with van der Waals surface area (Å²) in [7, 11) is 0. The molecule has 1 fully saturated rings. The zero-order chi connectivity index (χ0) is 9.03. The zero-order valence-corrected chi connectivity index (χ0v) is 8.15. The van der Waals surface area contributed by atoms with Crippen molar-refractivity contribution in [1.29, 1.82) is 0 Å². The fourth-order valence-electron chi connectivity index (χ4n) is 2.34. The molecule has 0 bridgehead atoms. The summed E-state index contributed by atoms with van der Waals surface area (Å²) in [5.74, 6) is 0.130. The topological polar surface area (TPSA) is 29.1 Å². The fourth-order valence-corrected chi connectivity index (χ4v) is 2.34. The van der Waals surface area contributed by atoms with Gasteiger partial charge in [0, 0.05) is 12.5 Å². The Morgan fingerprint density at radius 2 is 2.00 bits per heavy atom. The van der Waals surface area contributed by atoms with E-state index in [1.807, 2.05) is 0 Å². The molecule has 2 nitrogen and oxygen atoms in total. The van der Waals surface area contributed by atoms with Gasteiger partial charge in [-0.3, -0.25) is 4.79 Å². The number of rotatable bonds is 3. The molecule has 0 aromatic heterocycles. The average molecular weight is 169 g/mol. The van der Waals surface area contributed by atoms with Crippen LogP contribution in [0.25, 0.3) is 0 Å². The molecule has 1 N–H and O–H groups in total. The van der Waals surface area contributed by atoms with Gasteiger partial charge in [0.1, 0.15) is 0 Å². The molecule has 1 saturated carbocycles. The van der Waals surface area contributed by atoms with Crippen LogP contribution in [0.5, 0.6) is 0 Å². The Hall–Kier alpha value is -0.530. The Bertz CT molecular complexity index is 159. The van der Waals surface area contributed by atoms with E-state index in [4.69, 9.17) is 0 Å². The van der Waals surface area contributed by atoms with Crippen molar-refractivity contribution in [3.8, 4) is 0 Å². The lowest BCUT2D eigenvalue weighted by Crippen LogP contribution is -2.45. The van der Waals surface area contributed by atoms with Crippen molar-refractivity contribution in [2.75, 3.05) is 0 Å². The predicted molar refractivity (Wildman–Crippen MR) is 49.9 cm³/mol. The lowest BCUT2D eigenvalue weighted by atomic mass is 9.92. The monoisotopic (exact) mass is 169 g/mol. The number of amides is 1. The van der Waals surface area contributed by atoms with E-state index in [-0.39, 0.29) is 11.4 Å². The van der Waals surface area contributed by atoms with Crippen molar-refractivity contribution in [1.82, 2.24) is 5.32 Å². The van der Waals surface area contributed by atoms with E-state index in [1.54, 1.807) is 6.92 Å². The lowest BCUT2D eigenvalue weighted by Gasteiger charge is -2.29. The first-order valence-corrected chi connectivity index (χ1v) is 4.97. The highest BCUT2D eigenvalue weighted by Gasteiger charge is 2.33. The standard InChI is InChI=1S/C10H19NO/c1-3-6-10(11-9(2)12)7-4-5-8-10/h3-8H2,1-2H3,(H,11,12). The molecule has 0 spiro atoms. The van der Waals surface area contributed by atoms with E-state index in [0.29, 0.717) is 0 Å². The third-order valence-corrected chi connectivity index (χ3v) is 2.73. The van der Waals surface area contributed by atoms with E-state index in [1.165, 1.54) is 32.1 Å². The lowest BCUT2D eigenvalue weighted by molar-refractivity contribution is -0.120. The highest BCUT2D eigenvalue weighted by Crippen LogP contribution is 2.33. The van der Waals surface area contributed by atoms with Crippen LogP contribution in [0, 0.1) is 0 Å². The summed E-state index contributed by atoms with van der Waals surface area (Å²) >= 11 is 0. The van der Waals surface area contributed by atoms with Gasteiger partial charge in [0.05, 0.1) is 0 Å². The molecule has 70 valence electrons. The van der Waals surface area contributed by atoms with Gasteiger partial charge in [-0.05, 0) is 19.3 Å². The molecular weight excluding hydrogens is 150 g/mol. The maximum Gasteiger partial charge on any atom is 0.217 e. The normalized spacial score (nSPS) is 20.8. The van der Waals surface area contributed by atoms with Crippen LogP contribution in [0.2, 0.25) is 0 Å². The minimum atomic E-state index is 0.130. The molecule has 0 aromatic rings. The van der Waals surface area contributed by atoms with Gasteiger partial charge in [0.2, 0.25) is 5.91 Å². The molecule has 12 heavy (non-hydrogen) atoms. The summed E-state index contributed by atoms with van der Waals surface area (Å²) in [5.41, 5.74) is 0.167. The third kappa shape index (κ3) is 2.23. The van der Waals surface area contributed by atoms with Crippen LogP contribution in [0.1, 0.15) is 52.4 Å². The van der Waals surface area contributed by atoms with Gasteiger partial charge in [0.25, 0.3) is 0 Å². The summed E-state index contributed by atoms with van der Waals surface area (Å²) in [5, 5.41) is 3.12. The van der Waals surface area contributed by atoms with Crippen LogP contribution >= 0.6 is 0 Å². The second kappa shape index (κ2) is 3.92. The predicted octanol–water partition coefficient (Wildman–Crippen LogP) is 2.24. The van der Waals surface area contributed by atoms with Crippen molar-refractivity contribution >= 4 is 5.91 Å². The molecule has 1 amide bonds. The molecule has 0 radical (unpaired) electrons. The van der Waals surface area contributed by atoms with Crippen molar-refractivity contribution in [3.05, 3.63) is 0 Å². The van der Waals surface area contributed by atoms with Crippen molar-refractivity contribution in [2.24, 2.45) is 0 Å². The third-order valence-electron chi connectivity index (χ3n) is 2.73. The van der Waals surface area contributed by atoms with Gasteiger partial charge in [-0.2, -0.15) is 0 Å². The second-order valence-corrected chi connectivity index (χ2v) is 3.92. The fraction of sp³-hybridized carbons (Fsp3) is 0.900. The van der Waals surface area contributed by atoms with Gasteiger partial charge < -0.3 is 5.32 Å². The molecule has 0 aromatic carbocycles. The molecular formula is C10H19NO. The maximum atomic E-state index is 11.0. The van der Waals surface area contributed by atoms with Crippen molar-refractivity contribution in [3.63, 3.8) is 0 Å². The van der Waals surface area contributed by atoms with E-state index in [2.05, 4.69) is 12.2 Å². The Morgan fingerprint density at radius 1 is 1.42 bits per heavy atom. The minimum Gasteiger partial charge on any atom is -0.351 e. The Kier molecular flexibility index (Phi) is 3.12. The van der Waals surface area contributed by atoms with Gasteiger partial charge in [0.15, 0.2) is 0 Å². The van der Waals surface area contributed by atoms with Crippen LogP contribution in [-0.4, -0.2) is 11.4 Å². The summed E-state index contributed by atoms with van der Waals surface area (Å²) in [4.78, 5) is 11.0. The smallest absolute Gasteiger partial charge is 0.217 e. The first-order chi connectivity index (χ1) is 5.68. The van der Waals surface area contributed by atoms with Crippen LogP contribution in [0.4, 0.5) is 0 Å². The number of hydrogen-bond donors (Lipinski definition) is 1. The number of hydrogen-bond acceptors (Lipinski definition) is 1. The van der Waals surface area contributed by atoms with E-state index >= 15 is 0 Å². The summed E-state index contributed by atoms with van der Waals surface area (Å²) in [6.45, 7) is 3.80. The first-order valence-electron chi connectivity index (χ1n) is 4.97. The molecule has 0 aliphatic heterocycles. The summed E-state index contributed by atoms with van der Waals surface area (Å²) in [6, 6.07) is 0. The molecule has 0 unspecified atom stereocenters. The molecule has 2 heteroatoms. The van der Waals surface area contributed by atoms with Gasteiger partial charge in [-0.25, -0.2) is 0 Å². The van der Waals surface area contributed by atoms with Gasteiger partial charge in [-0.1, -0.05) is 26.2 Å². The first kappa shape index (κ1) is 9.56. The number of nitrogens with one attached hydrogen (secondary N) is 1.